The smallest absolute Gasteiger partial charge is 0.240 e. The molecule has 1 aliphatic heterocycles. The van der Waals surface area contributed by atoms with Gasteiger partial charge in [-0.25, -0.2) is 0 Å². The molecule has 0 unspecified atom stereocenters. The summed E-state index contributed by atoms with van der Waals surface area (Å²) in [7, 11) is 0. The molecule has 1 heterocycles. The second-order valence-electron chi connectivity index (χ2n) is 4.76. The average molecular weight is 332 g/mol. The maximum atomic E-state index is 12.4. The molecule has 0 radical (unpaired) electrons. The third-order valence-corrected chi connectivity index (χ3v) is 3.94. The number of nitrogens with one attached hydrogen (secondary N) is 1. The fourth-order valence-electron chi connectivity index (χ4n) is 1.95. The summed E-state index contributed by atoms with van der Waals surface area (Å²) < 4.78 is 0. The minimum atomic E-state index is -0.0513. The molecule has 0 aromatic rings. The number of carbonyl (C=O) groups excluding carboxylic acids is 1. The number of halogens is 2. The molecule has 0 saturated carbocycles. The summed E-state index contributed by atoms with van der Waals surface area (Å²) >= 11 is 1.93. The van der Waals surface area contributed by atoms with Crippen molar-refractivity contribution in [2.45, 2.75) is 26.3 Å². The molecule has 1 atom stereocenters. The number of nitrogens with two attached hydrogens (primary N) is 1. The van der Waals surface area contributed by atoms with Gasteiger partial charge in [-0.1, -0.05) is 13.8 Å². The van der Waals surface area contributed by atoms with Gasteiger partial charge in [0.25, 0.3) is 0 Å². The van der Waals surface area contributed by atoms with Crippen LogP contribution in [0.4, 0.5) is 0 Å². The minimum Gasteiger partial charge on any atom is -0.340 e. The third kappa shape index (κ3) is 7.61. The van der Waals surface area contributed by atoms with Gasteiger partial charge < -0.3 is 16.0 Å². The van der Waals surface area contributed by atoms with Gasteiger partial charge in [0.2, 0.25) is 5.91 Å². The van der Waals surface area contributed by atoms with Gasteiger partial charge in [0.05, 0.1) is 6.04 Å². The lowest BCUT2D eigenvalue weighted by atomic mass is 10.0. The minimum absolute atomic E-state index is 0. The van der Waals surface area contributed by atoms with Crippen LogP contribution in [0.5, 0.6) is 0 Å². The Bertz CT molecular complexity index is 239. The van der Waals surface area contributed by atoms with Crippen LogP contribution in [0.2, 0.25) is 0 Å². The van der Waals surface area contributed by atoms with Crippen LogP contribution in [0.3, 0.4) is 0 Å². The molecule has 0 aromatic carbocycles. The number of amides is 1. The second-order valence-corrected chi connectivity index (χ2v) is 5.98. The lowest BCUT2D eigenvalue weighted by Gasteiger charge is -2.32. The predicted octanol–water partition coefficient (Wildman–Crippen LogP) is 1.37. The van der Waals surface area contributed by atoms with Crippen molar-refractivity contribution in [2.24, 2.45) is 11.7 Å². The highest BCUT2D eigenvalue weighted by Crippen LogP contribution is 2.13. The number of nitrogens with zero attached hydrogens (tertiary/aromatic N) is 1. The van der Waals surface area contributed by atoms with Gasteiger partial charge in [-0.2, -0.15) is 11.8 Å². The molecule has 1 aliphatic rings. The van der Waals surface area contributed by atoms with Gasteiger partial charge in [0.15, 0.2) is 0 Å². The molecule has 1 amide bonds. The van der Waals surface area contributed by atoms with Crippen molar-refractivity contribution in [3.8, 4) is 0 Å². The summed E-state index contributed by atoms with van der Waals surface area (Å²) in [6.07, 6.45) is 0.923. The standard InChI is InChI=1S/C12H25N3OS.2ClH/c1-10(2)11(14-5-3-4-13)12(16)15-6-8-17-9-7-15;;/h10-11,14H,3-9,13H2,1-2H3;2*1H/t11-;;/m0../s1. The molecule has 116 valence electrons. The third-order valence-electron chi connectivity index (χ3n) is 3.00. The van der Waals surface area contributed by atoms with Crippen LogP contribution in [0.25, 0.3) is 0 Å². The maximum Gasteiger partial charge on any atom is 0.240 e. The first kappa shape index (κ1) is 21.6. The Balaban J connectivity index is 0. The number of hydrogen-bond acceptors (Lipinski definition) is 4. The maximum absolute atomic E-state index is 12.4. The van der Waals surface area contributed by atoms with Gasteiger partial charge in [0.1, 0.15) is 0 Å². The van der Waals surface area contributed by atoms with Crippen LogP contribution in [-0.2, 0) is 4.79 Å². The van der Waals surface area contributed by atoms with Gasteiger partial charge in [-0.15, -0.1) is 24.8 Å². The Morgan fingerprint density at radius 2 is 1.89 bits per heavy atom. The molecule has 3 N–H and O–H groups in total. The van der Waals surface area contributed by atoms with Gasteiger partial charge in [-0.05, 0) is 25.4 Å². The van der Waals surface area contributed by atoms with Gasteiger partial charge in [-0.3, -0.25) is 4.79 Å². The van der Waals surface area contributed by atoms with Crippen molar-refractivity contribution in [3.63, 3.8) is 0 Å². The fourth-order valence-corrected chi connectivity index (χ4v) is 2.85. The highest BCUT2D eigenvalue weighted by molar-refractivity contribution is 7.99. The molecule has 1 saturated heterocycles. The first-order valence-corrected chi connectivity index (χ1v) is 7.62. The van der Waals surface area contributed by atoms with E-state index in [1.807, 2.05) is 16.7 Å². The lowest BCUT2D eigenvalue weighted by Crippen LogP contribution is -2.51. The van der Waals surface area contributed by atoms with E-state index in [1.54, 1.807) is 0 Å². The summed E-state index contributed by atoms with van der Waals surface area (Å²) in [5.41, 5.74) is 5.47. The summed E-state index contributed by atoms with van der Waals surface area (Å²) in [5, 5.41) is 3.34. The van der Waals surface area contributed by atoms with E-state index in [1.165, 1.54) is 0 Å². The van der Waals surface area contributed by atoms with Crippen LogP contribution in [0.15, 0.2) is 0 Å². The van der Waals surface area contributed by atoms with E-state index >= 15 is 0 Å². The first-order chi connectivity index (χ1) is 8.16. The Morgan fingerprint density at radius 1 is 1.32 bits per heavy atom. The number of thioether (sulfide) groups is 1. The summed E-state index contributed by atoms with van der Waals surface area (Å²) in [5.74, 6) is 2.73. The zero-order valence-electron chi connectivity index (χ0n) is 11.8. The SMILES string of the molecule is CC(C)[C@H](NCCCN)C(=O)N1CCSCC1.Cl.Cl. The zero-order valence-corrected chi connectivity index (χ0v) is 14.2. The van der Waals surface area contributed by atoms with Crippen LogP contribution in [0, 0.1) is 5.92 Å². The van der Waals surface area contributed by atoms with E-state index in [4.69, 9.17) is 5.73 Å². The molecule has 19 heavy (non-hydrogen) atoms. The Hall–Kier alpha value is 0.320. The number of carbonyl (C=O) groups is 1. The number of rotatable bonds is 6. The van der Waals surface area contributed by atoms with Crippen LogP contribution in [0.1, 0.15) is 20.3 Å². The van der Waals surface area contributed by atoms with Gasteiger partial charge in [0, 0.05) is 24.6 Å². The largest absolute Gasteiger partial charge is 0.340 e. The van der Waals surface area contributed by atoms with Crippen LogP contribution < -0.4 is 11.1 Å². The van der Waals surface area contributed by atoms with Crippen molar-refractivity contribution in [1.82, 2.24) is 10.2 Å². The molecule has 7 heteroatoms. The quantitative estimate of drug-likeness (QED) is 0.722. The zero-order chi connectivity index (χ0) is 12.7. The molecular formula is C12H27Cl2N3OS. The van der Waals surface area contributed by atoms with E-state index in [2.05, 4.69) is 19.2 Å². The number of hydrogen-bond donors (Lipinski definition) is 2. The first-order valence-electron chi connectivity index (χ1n) is 6.46. The summed E-state index contributed by atoms with van der Waals surface area (Å²) in [4.78, 5) is 14.4. The van der Waals surface area contributed by atoms with Crippen molar-refractivity contribution in [2.75, 3.05) is 37.7 Å². The monoisotopic (exact) mass is 331 g/mol. The van der Waals surface area contributed by atoms with E-state index in [-0.39, 0.29) is 36.8 Å². The van der Waals surface area contributed by atoms with Crippen molar-refractivity contribution in [1.29, 1.82) is 0 Å². The molecule has 0 spiro atoms. The lowest BCUT2D eigenvalue weighted by molar-refractivity contribution is -0.134. The van der Waals surface area contributed by atoms with E-state index in [0.29, 0.717) is 12.5 Å². The molecule has 0 aromatic heterocycles. The molecule has 1 rings (SSSR count). The molecule has 1 fully saturated rings. The van der Waals surface area contributed by atoms with E-state index < -0.39 is 0 Å². The second kappa shape index (κ2) is 12.1. The van der Waals surface area contributed by atoms with Crippen molar-refractivity contribution >= 4 is 42.5 Å². The molecular weight excluding hydrogens is 305 g/mol. The van der Waals surface area contributed by atoms with E-state index in [0.717, 1.165) is 37.6 Å². The highest BCUT2D eigenvalue weighted by Gasteiger charge is 2.27. The fraction of sp³-hybridized carbons (Fsp3) is 0.917. The molecule has 0 aliphatic carbocycles. The summed E-state index contributed by atoms with van der Waals surface area (Å²) in [6.45, 7) is 7.48. The van der Waals surface area contributed by atoms with Crippen molar-refractivity contribution in [3.05, 3.63) is 0 Å². The average Bonchev–Trinajstić information content (AvgIpc) is 2.34. The predicted molar refractivity (Wildman–Crippen MR) is 88.7 cm³/mol. The van der Waals surface area contributed by atoms with Crippen LogP contribution >= 0.6 is 36.6 Å². The van der Waals surface area contributed by atoms with Crippen molar-refractivity contribution < 1.29 is 4.79 Å². The Labute approximate surface area is 133 Å². The Kier molecular flexibility index (Phi) is 13.8. The summed E-state index contributed by atoms with van der Waals surface area (Å²) in [6, 6.07) is -0.0513. The molecule has 0 bridgehead atoms. The Morgan fingerprint density at radius 3 is 2.37 bits per heavy atom. The van der Waals surface area contributed by atoms with E-state index in [9.17, 15) is 4.79 Å². The normalized spacial score (nSPS) is 16.5. The topological polar surface area (TPSA) is 58.4 Å². The highest BCUT2D eigenvalue weighted by atomic mass is 35.5. The van der Waals surface area contributed by atoms with Gasteiger partial charge >= 0.3 is 0 Å². The van der Waals surface area contributed by atoms with Crippen LogP contribution in [-0.4, -0.2) is 54.5 Å². The molecule has 4 nitrogen and oxygen atoms in total.